The van der Waals surface area contributed by atoms with Crippen LogP contribution in [-0.2, 0) is 14.1 Å². The van der Waals surface area contributed by atoms with Gasteiger partial charge in [-0.25, -0.2) is 4.79 Å². The molecule has 0 saturated carbocycles. The molecule has 7 nitrogen and oxygen atoms in total. The summed E-state index contributed by atoms with van der Waals surface area (Å²) in [6, 6.07) is 5.26. The van der Waals surface area contributed by atoms with Crippen LogP contribution in [-0.4, -0.2) is 14.2 Å². The topological polar surface area (TPSA) is 88.9 Å². The summed E-state index contributed by atoms with van der Waals surface area (Å²) in [5, 5.41) is 17.6. The maximum atomic E-state index is 12.0. The van der Waals surface area contributed by atoms with Gasteiger partial charge in [0.25, 0.3) is 5.56 Å². The molecular weight excluding hydrogens is 408 g/mol. The molecule has 0 atom stereocenters. The lowest BCUT2D eigenvalue weighted by atomic mass is 10.3. The van der Waals surface area contributed by atoms with Crippen LogP contribution in [0.25, 0.3) is 0 Å². The van der Waals surface area contributed by atoms with Crippen molar-refractivity contribution in [3.63, 3.8) is 0 Å². The second kappa shape index (κ2) is 5.94. The van der Waals surface area contributed by atoms with Crippen molar-refractivity contribution in [3.05, 3.63) is 48.0 Å². The number of aromatic hydroxyl groups is 1. The number of hydrogen-bond donors (Lipinski definition) is 1. The molecule has 21 heavy (non-hydrogen) atoms. The predicted octanol–water partition coefficient (Wildman–Crippen LogP) is 2.73. The molecule has 0 aliphatic carbocycles. The molecule has 1 N–H and O–H groups in total. The van der Waals surface area contributed by atoms with Crippen molar-refractivity contribution in [1.29, 1.82) is 0 Å². The average molecular weight is 418 g/mol. The Labute approximate surface area is 135 Å². The summed E-state index contributed by atoms with van der Waals surface area (Å²) < 4.78 is 3.24. The fourth-order valence-electron chi connectivity index (χ4n) is 1.57. The van der Waals surface area contributed by atoms with Crippen molar-refractivity contribution in [1.82, 2.24) is 9.13 Å². The van der Waals surface area contributed by atoms with E-state index in [0.29, 0.717) is 10.2 Å². The molecule has 2 rings (SSSR count). The van der Waals surface area contributed by atoms with Crippen LogP contribution in [0.3, 0.4) is 0 Å². The second-order valence-electron chi connectivity index (χ2n) is 4.17. The zero-order chi connectivity index (χ0) is 15.7. The van der Waals surface area contributed by atoms with Gasteiger partial charge in [0.15, 0.2) is 0 Å². The van der Waals surface area contributed by atoms with Gasteiger partial charge in [0.2, 0.25) is 11.6 Å². The summed E-state index contributed by atoms with van der Waals surface area (Å²) in [7, 11) is 2.64. The molecule has 9 heteroatoms. The van der Waals surface area contributed by atoms with Gasteiger partial charge < -0.3 is 5.11 Å². The average Bonchev–Trinajstić information content (AvgIpc) is 2.46. The predicted molar refractivity (Wildman–Crippen MR) is 84.6 cm³/mol. The van der Waals surface area contributed by atoms with E-state index in [1.807, 2.05) is 6.07 Å². The first-order chi connectivity index (χ1) is 9.82. The lowest BCUT2D eigenvalue weighted by Gasteiger charge is -2.06. The van der Waals surface area contributed by atoms with Crippen molar-refractivity contribution in [2.75, 3.05) is 0 Å². The summed E-state index contributed by atoms with van der Waals surface area (Å²) in [6.07, 6.45) is 0. The monoisotopic (exact) mass is 416 g/mol. The second-order valence-corrected chi connectivity index (χ2v) is 5.94. The minimum absolute atomic E-state index is 0.300. The first kappa shape index (κ1) is 15.6. The SMILES string of the molecule is Cn1c(O)c(N=Nc2cc(Br)ccc2Br)c(=O)n(C)c1=O. The third-order valence-corrected chi connectivity index (χ3v) is 3.94. The third kappa shape index (κ3) is 2.98. The van der Waals surface area contributed by atoms with Gasteiger partial charge in [0.1, 0.15) is 5.69 Å². The highest BCUT2D eigenvalue weighted by Gasteiger charge is 2.14. The normalized spacial score (nSPS) is 11.2. The van der Waals surface area contributed by atoms with Crippen LogP contribution >= 0.6 is 31.9 Å². The molecule has 0 aliphatic rings. The van der Waals surface area contributed by atoms with Crippen LogP contribution in [0.4, 0.5) is 11.4 Å². The zero-order valence-corrected chi connectivity index (χ0v) is 14.2. The highest BCUT2D eigenvalue weighted by molar-refractivity contribution is 9.11. The molecule has 0 spiro atoms. The molecule has 0 aliphatic heterocycles. The Hall–Kier alpha value is -1.74. The Morgan fingerprint density at radius 2 is 1.76 bits per heavy atom. The maximum Gasteiger partial charge on any atom is 0.333 e. The Morgan fingerprint density at radius 3 is 2.43 bits per heavy atom. The number of halogens is 2. The summed E-state index contributed by atoms with van der Waals surface area (Å²) in [6.45, 7) is 0. The van der Waals surface area contributed by atoms with Gasteiger partial charge in [-0.2, -0.15) is 0 Å². The van der Waals surface area contributed by atoms with Gasteiger partial charge in [0.05, 0.1) is 0 Å². The van der Waals surface area contributed by atoms with E-state index in [4.69, 9.17) is 0 Å². The smallest absolute Gasteiger partial charge is 0.333 e. The van der Waals surface area contributed by atoms with Crippen LogP contribution < -0.4 is 11.2 Å². The van der Waals surface area contributed by atoms with Gasteiger partial charge in [-0.05, 0) is 34.1 Å². The third-order valence-electron chi connectivity index (χ3n) is 2.78. The molecule has 0 fully saturated rings. The number of aromatic nitrogens is 2. The van der Waals surface area contributed by atoms with Crippen LogP contribution in [0.5, 0.6) is 5.88 Å². The molecule has 110 valence electrons. The van der Waals surface area contributed by atoms with E-state index < -0.39 is 17.1 Å². The maximum absolute atomic E-state index is 12.0. The molecule has 0 amide bonds. The summed E-state index contributed by atoms with van der Waals surface area (Å²) in [5.41, 5.74) is -1.18. The Bertz CT molecular complexity index is 855. The molecule has 0 radical (unpaired) electrons. The largest absolute Gasteiger partial charge is 0.493 e. The number of rotatable bonds is 2. The van der Waals surface area contributed by atoms with Crippen molar-refractivity contribution in [2.45, 2.75) is 0 Å². The fraction of sp³-hybridized carbons (Fsp3) is 0.167. The minimum atomic E-state index is -0.717. The van der Waals surface area contributed by atoms with Gasteiger partial charge in [-0.15, -0.1) is 10.2 Å². The highest BCUT2D eigenvalue weighted by atomic mass is 79.9. The zero-order valence-electron chi connectivity index (χ0n) is 11.0. The molecule has 0 unspecified atom stereocenters. The molecule has 2 aromatic rings. The van der Waals surface area contributed by atoms with Gasteiger partial charge >= 0.3 is 5.69 Å². The van der Waals surface area contributed by atoms with Crippen molar-refractivity contribution < 1.29 is 5.11 Å². The van der Waals surface area contributed by atoms with Crippen LogP contribution in [0.1, 0.15) is 0 Å². The number of hydrogen-bond acceptors (Lipinski definition) is 5. The van der Waals surface area contributed by atoms with Crippen LogP contribution in [0.15, 0.2) is 47.0 Å². The van der Waals surface area contributed by atoms with Crippen LogP contribution in [0.2, 0.25) is 0 Å². The fourth-order valence-corrected chi connectivity index (χ4v) is 2.24. The van der Waals surface area contributed by atoms with Crippen molar-refractivity contribution in [2.24, 2.45) is 24.3 Å². The van der Waals surface area contributed by atoms with Crippen molar-refractivity contribution in [3.8, 4) is 5.88 Å². The standard InChI is InChI=1S/C12H10Br2N4O3/c1-17-10(19)9(11(20)18(2)12(17)21)16-15-8-5-6(13)3-4-7(8)14/h3-5,19H,1-2H3. The Kier molecular flexibility index (Phi) is 4.43. The summed E-state index contributed by atoms with van der Waals surface area (Å²) in [5.74, 6) is -0.530. The molecule has 1 aromatic heterocycles. The molecule has 0 saturated heterocycles. The number of benzene rings is 1. The summed E-state index contributed by atoms with van der Waals surface area (Å²) in [4.78, 5) is 23.6. The number of nitrogens with zero attached hydrogens (tertiary/aromatic N) is 4. The lowest BCUT2D eigenvalue weighted by molar-refractivity contribution is 0.413. The lowest BCUT2D eigenvalue weighted by Crippen LogP contribution is -2.36. The highest BCUT2D eigenvalue weighted by Crippen LogP contribution is 2.30. The van der Waals surface area contributed by atoms with E-state index in [-0.39, 0.29) is 5.69 Å². The van der Waals surface area contributed by atoms with E-state index in [1.54, 1.807) is 12.1 Å². The first-order valence-electron chi connectivity index (χ1n) is 5.68. The minimum Gasteiger partial charge on any atom is -0.493 e. The summed E-state index contributed by atoms with van der Waals surface area (Å²) >= 11 is 6.61. The van der Waals surface area contributed by atoms with Crippen LogP contribution in [0, 0.1) is 0 Å². The molecule has 0 bridgehead atoms. The van der Waals surface area contributed by atoms with Gasteiger partial charge in [0, 0.05) is 23.0 Å². The van der Waals surface area contributed by atoms with E-state index in [2.05, 4.69) is 42.1 Å². The first-order valence-corrected chi connectivity index (χ1v) is 7.27. The molecule has 1 heterocycles. The molecule has 1 aromatic carbocycles. The number of azo groups is 1. The molecular formula is C12H10Br2N4O3. The van der Waals surface area contributed by atoms with Gasteiger partial charge in [-0.1, -0.05) is 15.9 Å². The van der Waals surface area contributed by atoms with E-state index in [0.717, 1.165) is 13.6 Å². The van der Waals surface area contributed by atoms with E-state index in [9.17, 15) is 14.7 Å². The van der Waals surface area contributed by atoms with Gasteiger partial charge in [-0.3, -0.25) is 13.9 Å². The quantitative estimate of drug-likeness (QED) is 0.761. The van der Waals surface area contributed by atoms with E-state index >= 15 is 0 Å². The Balaban J connectivity index is 2.59. The Morgan fingerprint density at radius 1 is 1.10 bits per heavy atom. The van der Waals surface area contributed by atoms with Crippen molar-refractivity contribution >= 4 is 43.2 Å². The van der Waals surface area contributed by atoms with E-state index in [1.165, 1.54) is 14.1 Å².